The van der Waals surface area contributed by atoms with E-state index < -0.39 is 0 Å². The summed E-state index contributed by atoms with van der Waals surface area (Å²) >= 11 is 0. The molecule has 1 heteroatoms. The molecule has 0 amide bonds. The van der Waals surface area contributed by atoms with Gasteiger partial charge in [0.1, 0.15) is 0 Å². The molecule has 7 rings (SSSR count). The number of hydrogen-bond acceptors (Lipinski definition) is 1. The fraction of sp³-hybridized carbons (Fsp3) is 1.00. The van der Waals surface area contributed by atoms with Crippen LogP contribution in [0.3, 0.4) is 0 Å². The van der Waals surface area contributed by atoms with E-state index in [1.807, 2.05) is 0 Å². The molecule has 7 aliphatic carbocycles. The monoisotopic (exact) mass is 592 g/mol. The first kappa shape index (κ1) is 31.6. The predicted molar refractivity (Wildman–Crippen MR) is 184 cm³/mol. The van der Waals surface area contributed by atoms with Crippen molar-refractivity contribution in [3.05, 3.63) is 0 Å². The highest BCUT2D eigenvalue weighted by Gasteiger charge is 2.57. The van der Waals surface area contributed by atoms with Crippen molar-refractivity contribution >= 4 is 0 Å². The minimum Gasteiger partial charge on any atom is -0.294 e. The van der Waals surface area contributed by atoms with Crippen molar-refractivity contribution in [2.45, 2.75) is 206 Å². The zero-order chi connectivity index (χ0) is 29.4. The van der Waals surface area contributed by atoms with E-state index in [9.17, 15) is 0 Å². The van der Waals surface area contributed by atoms with E-state index in [0.717, 1.165) is 71.4 Å². The lowest BCUT2D eigenvalue weighted by Gasteiger charge is -2.52. The Hall–Kier alpha value is -0.0400. The standard InChI is InChI=1S/C42H73N/c1-4-10-30-15-23-35(24-16-30)43(37-27-28-39-38-13-8-9-14-40(38)42(2,3)41(39)29-37)36-25-21-34(22-26-36)33-19-17-32(18-20-33)31-11-6-5-7-12-31/h30-41H,4-29H2,1-3H3. The van der Waals surface area contributed by atoms with Gasteiger partial charge in [0.2, 0.25) is 0 Å². The van der Waals surface area contributed by atoms with Crippen molar-refractivity contribution in [1.82, 2.24) is 4.90 Å². The average molecular weight is 592 g/mol. The third-order valence-corrected chi connectivity index (χ3v) is 16.5. The normalized spacial score (nSPS) is 45.9. The Kier molecular flexibility index (Phi) is 10.3. The highest BCUT2D eigenvalue weighted by atomic mass is 15.2. The number of hydrogen-bond donors (Lipinski definition) is 0. The molecule has 0 aromatic heterocycles. The first-order valence-corrected chi connectivity index (χ1v) is 20.8. The topological polar surface area (TPSA) is 3.24 Å². The van der Waals surface area contributed by atoms with Crippen LogP contribution in [0.15, 0.2) is 0 Å². The van der Waals surface area contributed by atoms with Gasteiger partial charge in [-0.25, -0.2) is 0 Å². The van der Waals surface area contributed by atoms with Gasteiger partial charge in [0.15, 0.2) is 0 Å². The van der Waals surface area contributed by atoms with Gasteiger partial charge in [-0.1, -0.05) is 78.6 Å². The Morgan fingerprint density at radius 2 is 0.953 bits per heavy atom. The molecule has 0 aromatic carbocycles. The van der Waals surface area contributed by atoms with Crippen LogP contribution < -0.4 is 0 Å². The van der Waals surface area contributed by atoms with E-state index in [1.165, 1.54) is 70.6 Å². The van der Waals surface area contributed by atoms with Crippen LogP contribution in [-0.4, -0.2) is 23.0 Å². The van der Waals surface area contributed by atoms with E-state index in [0.29, 0.717) is 5.41 Å². The van der Waals surface area contributed by atoms with Gasteiger partial charge in [0, 0.05) is 18.1 Å². The molecule has 0 aromatic rings. The number of fused-ring (bicyclic) bond motifs is 3. The van der Waals surface area contributed by atoms with Crippen LogP contribution in [0.1, 0.15) is 188 Å². The van der Waals surface area contributed by atoms with Crippen molar-refractivity contribution < 1.29 is 0 Å². The van der Waals surface area contributed by atoms with Crippen molar-refractivity contribution in [2.75, 3.05) is 0 Å². The molecule has 0 aliphatic heterocycles. The van der Waals surface area contributed by atoms with Crippen LogP contribution in [-0.2, 0) is 0 Å². The van der Waals surface area contributed by atoms with Gasteiger partial charge in [-0.2, -0.15) is 0 Å². The molecule has 246 valence electrons. The third-order valence-electron chi connectivity index (χ3n) is 16.5. The number of nitrogens with zero attached hydrogens (tertiary/aromatic N) is 1. The molecule has 7 saturated carbocycles. The van der Waals surface area contributed by atoms with Gasteiger partial charge in [-0.3, -0.25) is 4.90 Å². The molecular weight excluding hydrogens is 518 g/mol. The lowest BCUT2D eigenvalue weighted by atomic mass is 9.65. The summed E-state index contributed by atoms with van der Waals surface area (Å²) in [5.74, 6) is 9.59. The maximum Gasteiger partial charge on any atom is 0.0104 e. The summed E-state index contributed by atoms with van der Waals surface area (Å²) in [5.41, 5.74) is 0.590. The van der Waals surface area contributed by atoms with Crippen molar-refractivity contribution in [1.29, 1.82) is 0 Å². The zero-order valence-corrected chi connectivity index (χ0v) is 29.3. The second-order valence-electron chi connectivity index (χ2n) is 18.7. The van der Waals surface area contributed by atoms with Gasteiger partial charge in [0.25, 0.3) is 0 Å². The maximum absolute atomic E-state index is 3.33. The Morgan fingerprint density at radius 3 is 1.58 bits per heavy atom. The molecule has 1 nitrogen and oxygen atoms in total. The van der Waals surface area contributed by atoms with Crippen molar-refractivity contribution in [3.8, 4) is 0 Å². The summed E-state index contributed by atoms with van der Waals surface area (Å²) in [4.78, 5) is 3.33. The third kappa shape index (κ3) is 6.57. The van der Waals surface area contributed by atoms with Gasteiger partial charge < -0.3 is 0 Å². The fourth-order valence-electron chi connectivity index (χ4n) is 14.3. The molecule has 0 radical (unpaired) electrons. The van der Waals surface area contributed by atoms with Crippen LogP contribution >= 0.6 is 0 Å². The lowest BCUT2D eigenvalue weighted by molar-refractivity contribution is -0.0240. The maximum atomic E-state index is 3.33. The smallest absolute Gasteiger partial charge is 0.0104 e. The molecule has 5 atom stereocenters. The largest absolute Gasteiger partial charge is 0.294 e. The van der Waals surface area contributed by atoms with Crippen LogP contribution in [0.2, 0.25) is 0 Å². The van der Waals surface area contributed by atoms with Crippen molar-refractivity contribution in [2.24, 2.45) is 58.7 Å². The lowest BCUT2D eigenvalue weighted by Crippen LogP contribution is -2.54. The molecule has 0 spiro atoms. The molecular formula is C42H73N. The highest BCUT2D eigenvalue weighted by molar-refractivity contribution is 5.07. The molecule has 0 bridgehead atoms. The molecule has 0 N–H and O–H groups in total. The van der Waals surface area contributed by atoms with Crippen LogP contribution in [0, 0.1) is 58.7 Å². The Morgan fingerprint density at radius 1 is 0.465 bits per heavy atom. The molecule has 43 heavy (non-hydrogen) atoms. The summed E-state index contributed by atoms with van der Waals surface area (Å²) in [6, 6.07) is 2.73. The Labute approximate surface area is 268 Å². The van der Waals surface area contributed by atoms with Gasteiger partial charge in [-0.05, 0) is 168 Å². The van der Waals surface area contributed by atoms with Crippen LogP contribution in [0.5, 0.6) is 0 Å². The summed E-state index contributed by atoms with van der Waals surface area (Å²) < 4.78 is 0. The quantitative estimate of drug-likeness (QED) is 0.285. The summed E-state index contributed by atoms with van der Waals surface area (Å²) in [7, 11) is 0. The minimum absolute atomic E-state index is 0.590. The van der Waals surface area contributed by atoms with E-state index in [2.05, 4.69) is 25.7 Å². The van der Waals surface area contributed by atoms with Crippen molar-refractivity contribution in [3.63, 3.8) is 0 Å². The Balaban J connectivity index is 0.997. The zero-order valence-electron chi connectivity index (χ0n) is 29.3. The van der Waals surface area contributed by atoms with E-state index >= 15 is 0 Å². The minimum atomic E-state index is 0.590. The summed E-state index contributed by atoms with van der Waals surface area (Å²) in [5, 5.41) is 0. The SMILES string of the molecule is CCCC1CCC(N(C2CCC(C3CCC(C4CCCCC4)CC3)CC2)C2CCC3C4CCCCC4C(C)(C)C3C2)CC1. The molecule has 7 fully saturated rings. The average Bonchev–Trinajstić information content (AvgIpc) is 3.29. The van der Waals surface area contributed by atoms with Gasteiger partial charge >= 0.3 is 0 Å². The number of rotatable bonds is 7. The first-order chi connectivity index (χ1) is 21.0. The van der Waals surface area contributed by atoms with E-state index in [4.69, 9.17) is 0 Å². The molecule has 0 saturated heterocycles. The molecule has 5 unspecified atom stereocenters. The fourth-order valence-corrected chi connectivity index (χ4v) is 14.3. The van der Waals surface area contributed by atoms with Gasteiger partial charge in [-0.15, -0.1) is 0 Å². The first-order valence-electron chi connectivity index (χ1n) is 20.8. The van der Waals surface area contributed by atoms with E-state index in [1.54, 1.807) is 96.3 Å². The van der Waals surface area contributed by atoms with E-state index in [-0.39, 0.29) is 0 Å². The summed E-state index contributed by atoms with van der Waals surface area (Å²) in [6.07, 6.45) is 40.1. The molecule has 0 heterocycles. The Bertz CT molecular complexity index is 846. The molecule has 7 aliphatic rings. The second kappa shape index (κ2) is 14.0. The van der Waals surface area contributed by atoms with Crippen LogP contribution in [0.4, 0.5) is 0 Å². The van der Waals surface area contributed by atoms with Crippen LogP contribution in [0.25, 0.3) is 0 Å². The summed E-state index contributed by atoms with van der Waals surface area (Å²) in [6.45, 7) is 7.88. The highest BCUT2D eigenvalue weighted by Crippen LogP contribution is 2.63. The van der Waals surface area contributed by atoms with Gasteiger partial charge in [0.05, 0.1) is 0 Å². The second-order valence-corrected chi connectivity index (χ2v) is 18.7. The predicted octanol–water partition coefficient (Wildman–Crippen LogP) is 12.2.